The summed E-state index contributed by atoms with van der Waals surface area (Å²) >= 11 is 0. The summed E-state index contributed by atoms with van der Waals surface area (Å²) in [6, 6.07) is 14.9. The Morgan fingerprint density at radius 1 is 1.15 bits per heavy atom. The molecule has 1 aliphatic rings. The zero-order valence-electron chi connectivity index (χ0n) is 15.1. The van der Waals surface area contributed by atoms with Crippen molar-refractivity contribution in [2.45, 2.75) is 18.4 Å². The molecule has 1 aliphatic heterocycles. The largest absolute Gasteiger partial charge is 0.497 e. The number of benzene rings is 2. The van der Waals surface area contributed by atoms with Gasteiger partial charge in [-0.05, 0) is 42.8 Å². The Labute approximate surface area is 159 Å². The molecule has 1 aromatic heterocycles. The summed E-state index contributed by atoms with van der Waals surface area (Å²) < 4.78 is 18.9. The number of rotatable bonds is 4. The van der Waals surface area contributed by atoms with Crippen LogP contribution in [0, 0.1) is 6.92 Å². The summed E-state index contributed by atoms with van der Waals surface area (Å²) in [5.74, 6) is 1.92. The van der Waals surface area contributed by atoms with Crippen LogP contribution in [0.4, 0.5) is 5.82 Å². The topological polar surface area (TPSA) is 73.2 Å². The molecule has 4 rings (SSSR count). The first kappa shape index (κ1) is 17.5. The number of hydrogen-bond donors (Lipinski definition) is 1. The van der Waals surface area contributed by atoms with Gasteiger partial charge in [0, 0.05) is 21.9 Å². The molecule has 27 heavy (non-hydrogen) atoms. The van der Waals surface area contributed by atoms with Gasteiger partial charge in [0.05, 0.1) is 30.0 Å². The highest BCUT2D eigenvalue weighted by Crippen LogP contribution is 2.32. The Bertz CT molecular complexity index is 1040. The number of nitrogens with one attached hydrogen (secondary N) is 1. The lowest BCUT2D eigenvalue weighted by molar-refractivity contribution is 0.102. The third kappa shape index (κ3) is 3.26. The summed E-state index contributed by atoms with van der Waals surface area (Å²) in [5, 5.41) is 7.60. The predicted octanol–water partition coefficient (Wildman–Crippen LogP) is 3.20. The quantitative estimate of drug-likeness (QED) is 0.753. The van der Waals surface area contributed by atoms with Crippen LogP contribution < -0.4 is 10.1 Å². The van der Waals surface area contributed by atoms with E-state index in [0.717, 1.165) is 28.3 Å². The van der Waals surface area contributed by atoms with Gasteiger partial charge in [0.25, 0.3) is 5.91 Å². The van der Waals surface area contributed by atoms with Crippen molar-refractivity contribution in [3.63, 3.8) is 0 Å². The number of fused-ring (bicyclic) bond motifs is 1. The lowest BCUT2D eigenvalue weighted by Gasteiger charge is -2.12. The van der Waals surface area contributed by atoms with Gasteiger partial charge in [0.15, 0.2) is 0 Å². The van der Waals surface area contributed by atoms with E-state index in [-0.39, 0.29) is 5.91 Å². The molecule has 7 heteroatoms. The number of ether oxygens (including phenoxy) is 1. The fourth-order valence-corrected chi connectivity index (χ4v) is 4.43. The predicted molar refractivity (Wildman–Crippen MR) is 105 cm³/mol. The Morgan fingerprint density at radius 3 is 2.59 bits per heavy atom. The van der Waals surface area contributed by atoms with E-state index in [0.29, 0.717) is 22.9 Å². The van der Waals surface area contributed by atoms with Crippen LogP contribution in [0.3, 0.4) is 0 Å². The molecule has 0 spiro atoms. The summed E-state index contributed by atoms with van der Waals surface area (Å²) in [6.45, 7) is 1.90. The summed E-state index contributed by atoms with van der Waals surface area (Å²) in [6.07, 6.45) is 0. The van der Waals surface area contributed by atoms with Crippen LogP contribution >= 0.6 is 0 Å². The van der Waals surface area contributed by atoms with Crippen LogP contribution in [-0.4, -0.2) is 27.0 Å². The maximum atomic E-state index is 12.9. The van der Waals surface area contributed by atoms with Crippen molar-refractivity contribution < 1.29 is 13.7 Å². The zero-order chi connectivity index (χ0) is 19.0. The van der Waals surface area contributed by atoms with Gasteiger partial charge in [0.1, 0.15) is 11.6 Å². The minimum absolute atomic E-state index is 0.205. The van der Waals surface area contributed by atoms with E-state index in [1.807, 2.05) is 49.4 Å². The lowest BCUT2D eigenvalue weighted by Crippen LogP contribution is -2.17. The molecule has 2 aromatic carbocycles. The first-order valence-corrected chi connectivity index (χ1v) is 10.0. The molecule has 3 aromatic rings. The van der Waals surface area contributed by atoms with Gasteiger partial charge < -0.3 is 10.1 Å². The smallest absolute Gasteiger partial charge is 0.257 e. The minimum Gasteiger partial charge on any atom is -0.497 e. The molecule has 1 N–H and O–H groups in total. The molecule has 0 aliphatic carbocycles. The fraction of sp³-hybridized carbons (Fsp3) is 0.200. The number of methoxy groups -OCH3 is 1. The summed E-state index contributed by atoms with van der Waals surface area (Å²) in [7, 11) is 0.633. The maximum Gasteiger partial charge on any atom is 0.257 e. The van der Waals surface area contributed by atoms with Crippen LogP contribution in [0.1, 0.15) is 27.2 Å². The molecule has 1 amide bonds. The van der Waals surface area contributed by atoms with E-state index in [2.05, 4.69) is 10.4 Å². The molecule has 1 atom stereocenters. The van der Waals surface area contributed by atoms with Crippen LogP contribution in [-0.2, 0) is 22.3 Å². The molecule has 1 unspecified atom stereocenters. The van der Waals surface area contributed by atoms with Gasteiger partial charge in [-0.1, -0.05) is 18.2 Å². The third-order valence-corrected chi connectivity index (χ3v) is 5.81. The molecule has 2 heterocycles. The van der Waals surface area contributed by atoms with E-state index in [1.165, 1.54) is 0 Å². The van der Waals surface area contributed by atoms with Crippen molar-refractivity contribution in [3.05, 3.63) is 70.9 Å². The number of amides is 1. The number of carbonyl (C=O) groups excluding carboxylic acids is 1. The van der Waals surface area contributed by atoms with E-state index in [4.69, 9.17) is 4.74 Å². The van der Waals surface area contributed by atoms with Gasteiger partial charge in [0.2, 0.25) is 0 Å². The number of aryl methyl sites for hydroxylation is 1. The van der Waals surface area contributed by atoms with Crippen LogP contribution in [0.15, 0.2) is 48.5 Å². The van der Waals surface area contributed by atoms with Crippen molar-refractivity contribution in [1.82, 2.24) is 9.78 Å². The summed E-state index contributed by atoms with van der Waals surface area (Å²) in [4.78, 5) is 12.9. The molecule has 0 fully saturated rings. The van der Waals surface area contributed by atoms with Gasteiger partial charge in [-0.25, -0.2) is 4.68 Å². The zero-order valence-corrected chi connectivity index (χ0v) is 15.9. The van der Waals surface area contributed by atoms with Crippen molar-refractivity contribution in [3.8, 4) is 11.4 Å². The number of aromatic nitrogens is 2. The van der Waals surface area contributed by atoms with Crippen LogP contribution in [0.25, 0.3) is 5.69 Å². The Balaban J connectivity index is 1.75. The Kier molecular flexibility index (Phi) is 4.53. The van der Waals surface area contributed by atoms with Crippen molar-refractivity contribution in [2.24, 2.45) is 0 Å². The standard InChI is InChI=1S/C20H19N3O3S/c1-13-5-3-4-6-16(13)20(24)21-19-17-11-27(25)12-18(17)22-23(19)14-7-9-15(26-2)10-8-14/h3-10H,11-12H2,1-2H3,(H,21,24). The van der Waals surface area contributed by atoms with Crippen molar-refractivity contribution in [1.29, 1.82) is 0 Å². The molecular weight excluding hydrogens is 362 g/mol. The molecule has 6 nitrogen and oxygen atoms in total. The molecule has 0 bridgehead atoms. The highest BCUT2D eigenvalue weighted by Gasteiger charge is 2.28. The van der Waals surface area contributed by atoms with Crippen LogP contribution in [0.5, 0.6) is 5.75 Å². The van der Waals surface area contributed by atoms with E-state index < -0.39 is 10.8 Å². The number of nitrogens with zero attached hydrogens (tertiary/aromatic N) is 2. The second-order valence-electron chi connectivity index (χ2n) is 6.38. The number of carbonyl (C=O) groups is 1. The number of hydrogen-bond acceptors (Lipinski definition) is 4. The van der Waals surface area contributed by atoms with E-state index in [1.54, 1.807) is 17.9 Å². The Morgan fingerprint density at radius 2 is 1.89 bits per heavy atom. The van der Waals surface area contributed by atoms with Crippen molar-refractivity contribution in [2.75, 3.05) is 12.4 Å². The molecule has 0 saturated heterocycles. The van der Waals surface area contributed by atoms with Crippen LogP contribution in [0.2, 0.25) is 0 Å². The van der Waals surface area contributed by atoms with Gasteiger partial charge >= 0.3 is 0 Å². The SMILES string of the molecule is COc1ccc(-n2nc3c(c2NC(=O)c2ccccc2C)CS(=O)C3)cc1. The van der Waals surface area contributed by atoms with Gasteiger partial charge in [-0.15, -0.1) is 0 Å². The summed E-state index contributed by atoms with van der Waals surface area (Å²) in [5.41, 5.74) is 3.91. The first-order valence-electron chi connectivity index (χ1n) is 8.54. The minimum atomic E-state index is -0.979. The second-order valence-corrected chi connectivity index (χ2v) is 7.84. The fourth-order valence-electron chi connectivity index (χ4n) is 3.17. The highest BCUT2D eigenvalue weighted by molar-refractivity contribution is 7.83. The lowest BCUT2D eigenvalue weighted by atomic mass is 10.1. The average molecular weight is 381 g/mol. The molecule has 138 valence electrons. The maximum absolute atomic E-state index is 12.9. The average Bonchev–Trinajstić information content (AvgIpc) is 3.19. The monoisotopic (exact) mass is 381 g/mol. The second kappa shape index (κ2) is 7.00. The molecular formula is C20H19N3O3S. The first-order chi connectivity index (χ1) is 13.1. The highest BCUT2D eigenvalue weighted by atomic mass is 32.2. The normalized spacial score (nSPS) is 15.4. The third-order valence-electron chi connectivity index (χ3n) is 4.61. The Hall–Kier alpha value is -2.93. The van der Waals surface area contributed by atoms with Crippen molar-refractivity contribution >= 4 is 22.5 Å². The van der Waals surface area contributed by atoms with Gasteiger partial charge in [-0.3, -0.25) is 9.00 Å². The molecule has 0 saturated carbocycles. The van der Waals surface area contributed by atoms with E-state index >= 15 is 0 Å². The van der Waals surface area contributed by atoms with Gasteiger partial charge in [-0.2, -0.15) is 5.10 Å². The molecule has 0 radical (unpaired) electrons. The number of anilines is 1. The van der Waals surface area contributed by atoms with E-state index in [9.17, 15) is 9.00 Å².